The molecule has 0 aliphatic carbocycles. The maximum Gasteiger partial charge on any atom is 0.460 e. The largest absolute Gasteiger partial charge is 0.460 e. The van der Waals surface area contributed by atoms with Crippen LogP contribution in [0.25, 0.3) is 0 Å². The molecule has 0 aliphatic heterocycles. The summed E-state index contributed by atoms with van der Waals surface area (Å²) in [5, 5.41) is -8.24. The van der Waals surface area contributed by atoms with Crippen LogP contribution in [0.3, 0.4) is 0 Å². The van der Waals surface area contributed by atoms with E-state index in [-0.39, 0.29) is 0 Å². The lowest BCUT2D eigenvalue weighted by Gasteiger charge is -2.42. The second-order valence-corrected chi connectivity index (χ2v) is 6.88. The maximum absolute atomic E-state index is 13.1. The van der Waals surface area contributed by atoms with Gasteiger partial charge < -0.3 is 0 Å². The molecule has 0 unspecified atom stereocenters. The molecule has 0 saturated heterocycles. The molecule has 31 heavy (non-hydrogen) atoms. The monoisotopic (exact) mass is 535 g/mol. The third-order valence-electron chi connectivity index (χ3n) is 3.20. The molecule has 0 rings (SSSR count). The van der Waals surface area contributed by atoms with E-state index in [0.717, 1.165) is 0 Å². The van der Waals surface area contributed by atoms with Gasteiger partial charge in [0, 0.05) is 0 Å². The molecule has 0 aliphatic rings. The van der Waals surface area contributed by atoms with Crippen LogP contribution in [-0.4, -0.2) is 60.1 Å². The van der Waals surface area contributed by atoms with E-state index in [1.54, 1.807) is 0 Å². The number of halogens is 19. The Kier molecular flexibility index (Phi) is 6.72. The van der Waals surface area contributed by atoms with Crippen molar-refractivity contribution < 1.29 is 92.0 Å². The molecule has 0 heterocycles. The summed E-state index contributed by atoms with van der Waals surface area (Å²) < 4.78 is 257. The fourth-order valence-electron chi connectivity index (χ4n) is 1.40. The molecular weight excluding hydrogens is 535 g/mol. The summed E-state index contributed by atoms with van der Waals surface area (Å²) in [5.41, 5.74) is 0. The number of hydrogen-bond acceptors (Lipinski definition) is 2. The predicted octanol–water partition coefficient (Wildman–Crippen LogP) is 5.35. The van der Waals surface area contributed by atoms with Crippen molar-refractivity contribution in [3.63, 3.8) is 0 Å². The van der Waals surface area contributed by atoms with Gasteiger partial charge in [0.2, 0.25) is 0 Å². The van der Waals surface area contributed by atoms with E-state index in [0.29, 0.717) is 0 Å². The van der Waals surface area contributed by atoms with Crippen LogP contribution in [0.4, 0.5) is 83.6 Å². The van der Waals surface area contributed by atoms with Crippen molar-refractivity contribution in [2.45, 2.75) is 47.0 Å². The topological polar surface area (TPSA) is 37.4 Å². The van der Waals surface area contributed by atoms with Gasteiger partial charge >= 0.3 is 57.0 Å². The van der Waals surface area contributed by atoms with Gasteiger partial charge in [-0.15, -0.1) is 0 Å². The summed E-state index contributed by atoms with van der Waals surface area (Å²) in [6, 6.07) is 0. The highest BCUT2D eigenvalue weighted by molar-refractivity contribution is 7.89. The van der Waals surface area contributed by atoms with E-state index in [9.17, 15) is 92.0 Å². The number of rotatable bonds is 8. The van der Waals surface area contributed by atoms with Crippen LogP contribution in [0.5, 0.6) is 0 Å². The Labute approximate surface area is 155 Å². The average molecular weight is 535 g/mol. The van der Waals surface area contributed by atoms with E-state index in [1.165, 1.54) is 0 Å². The second-order valence-electron chi connectivity index (χ2n) is 5.14. The van der Waals surface area contributed by atoms with Gasteiger partial charge in [0.25, 0.3) is 0 Å². The van der Waals surface area contributed by atoms with E-state index >= 15 is 0 Å². The second kappa shape index (κ2) is 7.04. The van der Waals surface area contributed by atoms with E-state index < -0.39 is 61.7 Å². The molecule has 0 radical (unpaired) electrons. The molecule has 0 atom stereocenters. The maximum atomic E-state index is 13.1. The number of sulfonamides is 1. The van der Waals surface area contributed by atoms with Gasteiger partial charge in [0.15, 0.2) is 0 Å². The summed E-state index contributed by atoms with van der Waals surface area (Å²) >= 11 is 0. The average Bonchev–Trinajstić information content (AvgIpc) is 2.52. The van der Waals surface area contributed by atoms with Gasteiger partial charge in [-0.25, -0.2) is 8.42 Å². The molecule has 0 amide bonds. The van der Waals surface area contributed by atoms with Crippen LogP contribution in [0, 0.1) is 0 Å². The summed E-state index contributed by atoms with van der Waals surface area (Å²) in [7, 11) is -8.47. The van der Waals surface area contributed by atoms with Crippen LogP contribution in [0.1, 0.15) is 0 Å². The molecule has 0 N–H and O–H groups in total. The standard InChI is InChI=1S/C8F19NO2S/c9-1(10,3(13,14)5(17,18)7(21,22)23)2(11,12)4(15,16)6(19,20)8(24,25)31(29,30)28(26)27. The predicted molar refractivity (Wildman–Crippen MR) is 53.7 cm³/mol. The molecule has 0 aromatic heterocycles. The number of hydrogen-bond donors (Lipinski definition) is 0. The Morgan fingerprint density at radius 2 is 0.645 bits per heavy atom. The van der Waals surface area contributed by atoms with Gasteiger partial charge in [0.05, 0.1) is 0 Å². The van der Waals surface area contributed by atoms with Crippen molar-refractivity contribution >= 4 is 10.0 Å². The first-order valence-electron chi connectivity index (χ1n) is 6.02. The fraction of sp³-hybridized carbons (Fsp3) is 1.00. The Morgan fingerprint density at radius 1 is 0.419 bits per heavy atom. The van der Waals surface area contributed by atoms with Crippen molar-refractivity contribution in [2.75, 3.05) is 0 Å². The first-order chi connectivity index (χ1) is 12.9. The smallest absolute Gasteiger partial charge is 0.201 e. The van der Waals surface area contributed by atoms with Crippen LogP contribution >= 0.6 is 0 Å². The molecule has 23 heteroatoms. The highest BCUT2D eigenvalue weighted by Crippen LogP contribution is 2.64. The van der Waals surface area contributed by atoms with Gasteiger partial charge in [-0.1, -0.05) is 8.96 Å². The third kappa shape index (κ3) is 3.44. The molecule has 188 valence electrons. The zero-order valence-electron chi connectivity index (χ0n) is 12.9. The van der Waals surface area contributed by atoms with Crippen LogP contribution in [-0.2, 0) is 10.0 Å². The summed E-state index contributed by atoms with van der Waals surface area (Å²) in [5.74, 6) is -53.0. The van der Waals surface area contributed by atoms with Crippen LogP contribution < -0.4 is 0 Å². The minimum atomic E-state index is -9.06. The molecule has 0 aromatic carbocycles. The quantitative estimate of drug-likeness (QED) is 0.311. The Hall–Kier alpha value is -1.42. The zero-order chi connectivity index (χ0) is 26.1. The van der Waals surface area contributed by atoms with Gasteiger partial charge in [-0.3, -0.25) is 0 Å². The number of nitrogens with zero attached hydrogens (tertiary/aromatic N) is 1. The molecule has 0 fully saturated rings. The normalized spacial score (nSPS) is 16.8. The minimum absolute atomic E-state index is 4.03. The lowest BCUT2D eigenvalue weighted by molar-refractivity contribution is -0.458. The third-order valence-corrected chi connectivity index (χ3v) is 4.47. The van der Waals surface area contributed by atoms with Gasteiger partial charge in [-0.05, 0) is 0 Å². The van der Waals surface area contributed by atoms with Crippen molar-refractivity contribution in [1.29, 1.82) is 0 Å². The first-order valence-corrected chi connectivity index (χ1v) is 7.46. The molecule has 0 bridgehead atoms. The van der Waals surface area contributed by atoms with Crippen molar-refractivity contribution in [3.05, 3.63) is 0 Å². The zero-order valence-corrected chi connectivity index (χ0v) is 13.7. The highest BCUT2D eigenvalue weighted by atomic mass is 32.2. The van der Waals surface area contributed by atoms with Crippen molar-refractivity contribution in [2.24, 2.45) is 0 Å². The van der Waals surface area contributed by atoms with E-state index in [4.69, 9.17) is 0 Å². The molecule has 0 aromatic rings. The Bertz CT molecular complexity index is 779. The van der Waals surface area contributed by atoms with Crippen LogP contribution in [0.15, 0.2) is 0 Å². The van der Waals surface area contributed by atoms with E-state index in [1.807, 2.05) is 0 Å². The summed E-state index contributed by atoms with van der Waals surface area (Å²) in [6.07, 6.45) is -7.95. The van der Waals surface area contributed by atoms with Crippen LogP contribution in [0.2, 0.25) is 0 Å². The number of alkyl halides is 17. The summed E-state index contributed by atoms with van der Waals surface area (Å²) in [6.45, 7) is 0. The molecule has 3 nitrogen and oxygen atoms in total. The SMILES string of the molecule is O=S(=O)(N(F)F)C(F)(F)C(F)(F)C(F)(F)C(F)(F)C(F)(F)C(F)(F)C(F)(F)C(F)(F)F. The van der Waals surface area contributed by atoms with Crippen molar-refractivity contribution in [1.82, 2.24) is 4.75 Å². The first kappa shape index (κ1) is 29.6. The fourth-order valence-corrected chi connectivity index (χ4v) is 2.02. The van der Waals surface area contributed by atoms with E-state index in [2.05, 4.69) is 0 Å². The van der Waals surface area contributed by atoms with Gasteiger partial charge in [-0.2, -0.15) is 74.6 Å². The molecule has 0 spiro atoms. The highest BCUT2D eigenvalue weighted by Gasteiger charge is 2.96. The van der Waals surface area contributed by atoms with Crippen molar-refractivity contribution in [3.8, 4) is 0 Å². The lowest BCUT2D eigenvalue weighted by atomic mass is 9.91. The molecular formula is C8F19NO2S. The molecule has 0 saturated carbocycles. The minimum Gasteiger partial charge on any atom is -0.201 e. The summed E-state index contributed by atoms with van der Waals surface area (Å²) in [4.78, 5) is 0. The Balaban J connectivity index is 6.99. The Morgan fingerprint density at radius 3 is 0.871 bits per heavy atom. The lowest BCUT2D eigenvalue weighted by Crippen LogP contribution is -2.75. The van der Waals surface area contributed by atoms with Gasteiger partial charge in [0.1, 0.15) is 4.75 Å².